The number of nitrogens with zero attached hydrogens (tertiary/aromatic N) is 1. The number of hydrogen-bond donors (Lipinski definition) is 3. The van der Waals surface area contributed by atoms with Crippen molar-refractivity contribution in [2.24, 2.45) is 0 Å². The number of imidazole rings is 1. The van der Waals surface area contributed by atoms with Gasteiger partial charge in [0.15, 0.2) is 0 Å². The number of H-pyrrole nitrogens is 1. The largest absolute Gasteiger partial charge is 0.506 e. The Balaban J connectivity index is 1.73. The number of carbonyl (C=O) groups is 1. The van der Waals surface area contributed by atoms with Gasteiger partial charge in [0.05, 0.1) is 28.5 Å². The van der Waals surface area contributed by atoms with Crippen LogP contribution in [0, 0.1) is 6.92 Å². The summed E-state index contributed by atoms with van der Waals surface area (Å²) in [4.78, 5) is 20.2. The number of aryl methyl sites for hydroxylation is 1. The summed E-state index contributed by atoms with van der Waals surface area (Å²) in [6.45, 7) is 4.03. The minimum absolute atomic E-state index is 0.00910. The molecule has 3 rings (SSSR count). The van der Waals surface area contributed by atoms with Crippen LogP contribution in [-0.2, 0) is 11.2 Å². The molecule has 1 heterocycles. The Kier molecular flexibility index (Phi) is 4.95. The molecule has 5 nitrogen and oxygen atoms in total. The van der Waals surface area contributed by atoms with Crippen LogP contribution in [0.15, 0.2) is 36.4 Å². The summed E-state index contributed by atoms with van der Waals surface area (Å²) in [5, 5.41) is 12.7. The van der Waals surface area contributed by atoms with E-state index in [1.165, 1.54) is 6.07 Å². The fourth-order valence-corrected chi connectivity index (χ4v) is 2.97. The van der Waals surface area contributed by atoms with E-state index in [-0.39, 0.29) is 29.1 Å². The van der Waals surface area contributed by atoms with Crippen molar-refractivity contribution < 1.29 is 9.90 Å². The Labute approximate surface area is 151 Å². The normalized spacial score (nSPS) is 12.3. The van der Waals surface area contributed by atoms with Crippen LogP contribution in [-0.4, -0.2) is 21.0 Å². The number of aromatic amines is 1. The van der Waals surface area contributed by atoms with Crippen LogP contribution >= 0.6 is 11.6 Å². The number of aromatic nitrogens is 2. The van der Waals surface area contributed by atoms with Crippen molar-refractivity contribution >= 4 is 28.5 Å². The molecule has 3 aromatic rings. The molecule has 1 amide bonds. The molecule has 1 aromatic heterocycles. The summed E-state index contributed by atoms with van der Waals surface area (Å²) >= 11 is 5.89. The average Bonchev–Trinajstić information content (AvgIpc) is 2.99. The maximum absolute atomic E-state index is 12.4. The number of benzene rings is 2. The van der Waals surface area contributed by atoms with Crippen molar-refractivity contribution in [1.29, 1.82) is 0 Å². The van der Waals surface area contributed by atoms with Crippen molar-refractivity contribution in [3.8, 4) is 5.75 Å². The lowest BCUT2D eigenvalue weighted by Crippen LogP contribution is -2.30. The third-order valence-electron chi connectivity index (χ3n) is 4.11. The minimum Gasteiger partial charge on any atom is -0.506 e. The van der Waals surface area contributed by atoms with Gasteiger partial charge in [0.25, 0.3) is 0 Å². The second kappa shape index (κ2) is 7.15. The molecule has 0 saturated heterocycles. The molecule has 0 aliphatic heterocycles. The summed E-state index contributed by atoms with van der Waals surface area (Å²) in [7, 11) is 0. The van der Waals surface area contributed by atoms with E-state index in [9.17, 15) is 9.90 Å². The first-order valence-electron chi connectivity index (χ1n) is 8.19. The minimum atomic E-state index is -0.187. The van der Waals surface area contributed by atoms with E-state index in [1.807, 2.05) is 32.0 Å². The number of amides is 1. The Hall–Kier alpha value is -2.53. The fraction of sp³-hybridized carbons (Fsp3) is 0.263. The first-order chi connectivity index (χ1) is 12.0. The zero-order valence-electron chi connectivity index (χ0n) is 14.1. The number of phenols is 1. The highest BCUT2D eigenvalue weighted by Gasteiger charge is 2.17. The predicted molar refractivity (Wildman–Crippen MR) is 98.8 cm³/mol. The smallest absolute Gasteiger partial charge is 0.225 e. The summed E-state index contributed by atoms with van der Waals surface area (Å²) in [5.74, 6) is 0.639. The molecule has 0 bridgehead atoms. The second-order valence-electron chi connectivity index (χ2n) is 6.13. The van der Waals surface area contributed by atoms with Crippen LogP contribution in [0.3, 0.4) is 0 Å². The van der Waals surface area contributed by atoms with Crippen LogP contribution in [0.5, 0.6) is 5.75 Å². The molecule has 0 radical (unpaired) electrons. The first kappa shape index (κ1) is 17.3. The summed E-state index contributed by atoms with van der Waals surface area (Å²) < 4.78 is 0. The number of fused-ring (bicyclic) bond motifs is 1. The molecule has 6 heteroatoms. The Bertz CT molecular complexity index is 920. The van der Waals surface area contributed by atoms with Gasteiger partial charge in [0.2, 0.25) is 5.91 Å². The van der Waals surface area contributed by atoms with Crippen LogP contribution in [0.25, 0.3) is 11.0 Å². The molecule has 0 aliphatic rings. The van der Waals surface area contributed by atoms with Crippen molar-refractivity contribution in [1.82, 2.24) is 15.3 Å². The lowest BCUT2D eigenvalue weighted by molar-refractivity contribution is -0.121. The molecule has 0 saturated carbocycles. The SMILES string of the molecule is CC[C@@H](NC(=O)Cc1ccc(O)c(Cl)c1)c1nc2ccc(C)cc2[nH]1. The number of aromatic hydroxyl groups is 1. The Morgan fingerprint density at radius 1 is 1.32 bits per heavy atom. The molecule has 0 fully saturated rings. The zero-order valence-corrected chi connectivity index (χ0v) is 14.9. The molecule has 3 N–H and O–H groups in total. The molecule has 130 valence electrons. The number of phenolic OH excluding ortho intramolecular Hbond substituents is 1. The Morgan fingerprint density at radius 2 is 2.12 bits per heavy atom. The number of nitrogens with one attached hydrogen (secondary N) is 2. The van der Waals surface area contributed by atoms with Gasteiger partial charge >= 0.3 is 0 Å². The fourth-order valence-electron chi connectivity index (χ4n) is 2.76. The van der Waals surface area contributed by atoms with E-state index >= 15 is 0 Å². The van der Waals surface area contributed by atoms with Gasteiger partial charge in [-0.25, -0.2) is 4.98 Å². The van der Waals surface area contributed by atoms with Crippen LogP contribution in [0.4, 0.5) is 0 Å². The molecular weight excluding hydrogens is 338 g/mol. The molecule has 0 unspecified atom stereocenters. The highest BCUT2D eigenvalue weighted by atomic mass is 35.5. The average molecular weight is 358 g/mol. The van der Waals surface area contributed by atoms with E-state index in [1.54, 1.807) is 12.1 Å². The maximum Gasteiger partial charge on any atom is 0.225 e. The van der Waals surface area contributed by atoms with Gasteiger partial charge in [-0.05, 0) is 48.7 Å². The highest BCUT2D eigenvalue weighted by molar-refractivity contribution is 6.32. The summed E-state index contributed by atoms with van der Waals surface area (Å²) in [6.07, 6.45) is 0.913. The van der Waals surface area contributed by atoms with Gasteiger partial charge in [-0.2, -0.15) is 0 Å². The number of halogens is 1. The van der Waals surface area contributed by atoms with Gasteiger partial charge in [0, 0.05) is 0 Å². The van der Waals surface area contributed by atoms with E-state index in [4.69, 9.17) is 11.6 Å². The lowest BCUT2D eigenvalue weighted by atomic mass is 10.1. The Morgan fingerprint density at radius 3 is 2.84 bits per heavy atom. The highest BCUT2D eigenvalue weighted by Crippen LogP contribution is 2.24. The number of carbonyl (C=O) groups excluding carboxylic acids is 1. The molecule has 0 spiro atoms. The van der Waals surface area contributed by atoms with E-state index < -0.39 is 0 Å². The second-order valence-corrected chi connectivity index (χ2v) is 6.54. The summed E-state index contributed by atoms with van der Waals surface area (Å²) in [5.41, 5.74) is 3.76. The number of rotatable bonds is 5. The van der Waals surface area contributed by atoms with Crippen molar-refractivity contribution in [2.45, 2.75) is 32.7 Å². The molecule has 2 aromatic carbocycles. The maximum atomic E-state index is 12.4. The predicted octanol–water partition coefficient (Wildman–Crippen LogP) is 4.04. The van der Waals surface area contributed by atoms with Crippen molar-refractivity contribution in [2.75, 3.05) is 0 Å². The standard InChI is InChI=1S/C19H20ClN3O2/c1-3-14(19-22-15-6-4-11(2)8-16(15)23-19)21-18(25)10-12-5-7-17(24)13(20)9-12/h4-9,14,24H,3,10H2,1-2H3,(H,21,25)(H,22,23)/t14-/m1/s1. The first-order valence-corrected chi connectivity index (χ1v) is 8.57. The van der Waals surface area contributed by atoms with Crippen molar-refractivity contribution in [3.05, 3.63) is 58.4 Å². The van der Waals surface area contributed by atoms with Crippen LogP contribution < -0.4 is 5.32 Å². The third-order valence-corrected chi connectivity index (χ3v) is 4.41. The molecule has 0 aliphatic carbocycles. The monoisotopic (exact) mass is 357 g/mol. The topological polar surface area (TPSA) is 78.0 Å². The van der Waals surface area contributed by atoms with E-state index in [2.05, 4.69) is 15.3 Å². The molecular formula is C19H20ClN3O2. The van der Waals surface area contributed by atoms with Gasteiger partial charge in [0.1, 0.15) is 11.6 Å². The third kappa shape index (κ3) is 3.94. The molecule has 25 heavy (non-hydrogen) atoms. The number of hydrogen-bond acceptors (Lipinski definition) is 3. The van der Waals surface area contributed by atoms with E-state index in [0.717, 1.165) is 34.4 Å². The van der Waals surface area contributed by atoms with Gasteiger partial charge in [-0.1, -0.05) is 30.7 Å². The van der Waals surface area contributed by atoms with Gasteiger partial charge in [-0.3, -0.25) is 4.79 Å². The zero-order chi connectivity index (χ0) is 18.0. The van der Waals surface area contributed by atoms with Gasteiger partial charge in [-0.15, -0.1) is 0 Å². The molecule has 1 atom stereocenters. The van der Waals surface area contributed by atoms with Crippen molar-refractivity contribution in [3.63, 3.8) is 0 Å². The van der Waals surface area contributed by atoms with Crippen LogP contribution in [0.1, 0.15) is 36.3 Å². The summed E-state index contributed by atoms with van der Waals surface area (Å²) in [6, 6.07) is 10.6. The van der Waals surface area contributed by atoms with E-state index in [0.29, 0.717) is 0 Å². The van der Waals surface area contributed by atoms with Gasteiger partial charge < -0.3 is 15.4 Å². The quantitative estimate of drug-likeness (QED) is 0.644. The van der Waals surface area contributed by atoms with Crippen LogP contribution in [0.2, 0.25) is 5.02 Å². The lowest BCUT2D eigenvalue weighted by Gasteiger charge is -2.14.